The zero-order chi connectivity index (χ0) is 14.1. The third-order valence-electron chi connectivity index (χ3n) is 3.53. The van der Waals surface area contributed by atoms with Gasteiger partial charge in [-0.05, 0) is 37.2 Å². The molecule has 1 rings (SSSR count). The van der Waals surface area contributed by atoms with Crippen LogP contribution in [0.25, 0.3) is 0 Å². The molecule has 0 radical (unpaired) electrons. The van der Waals surface area contributed by atoms with E-state index >= 15 is 0 Å². The van der Waals surface area contributed by atoms with Crippen LogP contribution in [0.3, 0.4) is 0 Å². The van der Waals surface area contributed by atoms with Crippen LogP contribution in [0.4, 0.5) is 0 Å². The van der Waals surface area contributed by atoms with Crippen LogP contribution in [0.15, 0.2) is 22.7 Å². The second-order valence-corrected chi connectivity index (χ2v) is 6.39. The zero-order valence-corrected chi connectivity index (χ0v) is 14.4. The quantitative estimate of drug-likeness (QED) is 0.532. The molecule has 3 heteroatoms. The summed E-state index contributed by atoms with van der Waals surface area (Å²) in [7, 11) is 2.01. The van der Waals surface area contributed by atoms with Crippen molar-refractivity contribution in [3.05, 3.63) is 33.3 Å². The minimum Gasteiger partial charge on any atom is -0.313 e. The predicted octanol–water partition coefficient (Wildman–Crippen LogP) is 6.11. The van der Waals surface area contributed by atoms with Gasteiger partial charge in [0.25, 0.3) is 0 Å². The van der Waals surface area contributed by atoms with Gasteiger partial charge in [-0.25, -0.2) is 0 Å². The summed E-state index contributed by atoms with van der Waals surface area (Å²) in [6.07, 6.45) is 9.15. The second kappa shape index (κ2) is 9.79. The molecule has 108 valence electrons. The molecule has 1 atom stereocenters. The van der Waals surface area contributed by atoms with Crippen LogP contribution in [0, 0.1) is 0 Å². The number of hydrogen-bond acceptors (Lipinski definition) is 1. The van der Waals surface area contributed by atoms with E-state index in [1.54, 1.807) is 0 Å². The Labute approximate surface area is 131 Å². The zero-order valence-electron chi connectivity index (χ0n) is 12.0. The number of hydrogen-bond donors (Lipinski definition) is 1. The van der Waals surface area contributed by atoms with Crippen LogP contribution in [0.1, 0.15) is 63.5 Å². The van der Waals surface area contributed by atoms with Gasteiger partial charge in [-0.3, -0.25) is 0 Å². The maximum absolute atomic E-state index is 6.29. The lowest BCUT2D eigenvalue weighted by atomic mass is 9.99. The van der Waals surface area contributed by atoms with Gasteiger partial charge in [-0.15, -0.1) is 0 Å². The molecule has 0 amide bonds. The van der Waals surface area contributed by atoms with E-state index in [0.717, 1.165) is 15.9 Å². The van der Waals surface area contributed by atoms with Crippen molar-refractivity contribution in [3.63, 3.8) is 0 Å². The van der Waals surface area contributed by atoms with Gasteiger partial charge in [0.05, 0.1) is 0 Å². The van der Waals surface area contributed by atoms with Crippen molar-refractivity contribution in [2.45, 2.75) is 57.9 Å². The summed E-state index contributed by atoms with van der Waals surface area (Å²) in [5.74, 6) is 0. The van der Waals surface area contributed by atoms with Crippen molar-refractivity contribution in [2.75, 3.05) is 7.05 Å². The van der Waals surface area contributed by atoms with E-state index in [-0.39, 0.29) is 0 Å². The lowest BCUT2D eigenvalue weighted by Gasteiger charge is -2.18. The van der Waals surface area contributed by atoms with Gasteiger partial charge < -0.3 is 5.32 Å². The summed E-state index contributed by atoms with van der Waals surface area (Å²) < 4.78 is 1.09. The molecule has 1 nitrogen and oxygen atoms in total. The third-order valence-corrected chi connectivity index (χ3v) is 4.37. The molecule has 0 spiro atoms. The fraction of sp³-hybridized carbons (Fsp3) is 0.625. The molecule has 1 N–H and O–H groups in total. The smallest absolute Gasteiger partial charge is 0.0454 e. The Morgan fingerprint density at radius 3 is 2.53 bits per heavy atom. The van der Waals surface area contributed by atoms with Crippen molar-refractivity contribution in [2.24, 2.45) is 0 Å². The van der Waals surface area contributed by atoms with Crippen LogP contribution in [0.5, 0.6) is 0 Å². The van der Waals surface area contributed by atoms with Crippen LogP contribution in [0.2, 0.25) is 5.02 Å². The molecule has 1 aromatic carbocycles. The minimum absolute atomic E-state index is 0.358. The number of benzene rings is 1. The molecular weight excluding hydrogens is 322 g/mol. The Kier molecular flexibility index (Phi) is 8.76. The third kappa shape index (κ3) is 6.29. The first kappa shape index (κ1) is 17.0. The van der Waals surface area contributed by atoms with Crippen LogP contribution in [-0.4, -0.2) is 7.05 Å². The van der Waals surface area contributed by atoms with Gasteiger partial charge in [0.2, 0.25) is 0 Å². The highest BCUT2D eigenvalue weighted by Crippen LogP contribution is 2.29. The van der Waals surface area contributed by atoms with Crippen molar-refractivity contribution in [1.82, 2.24) is 5.32 Å². The predicted molar refractivity (Wildman–Crippen MR) is 88.9 cm³/mol. The normalized spacial score (nSPS) is 12.6. The summed E-state index contributed by atoms with van der Waals surface area (Å²) in [4.78, 5) is 0. The topological polar surface area (TPSA) is 12.0 Å². The molecule has 0 aliphatic heterocycles. The fourth-order valence-electron chi connectivity index (χ4n) is 2.37. The van der Waals surface area contributed by atoms with E-state index in [4.69, 9.17) is 11.6 Å². The van der Waals surface area contributed by atoms with Crippen molar-refractivity contribution < 1.29 is 0 Å². The first-order valence-corrected chi connectivity index (χ1v) is 8.48. The molecule has 0 fully saturated rings. The Bertz CT molecular complexity index is 368. The van der Waals surface area contributed by atoms with E-state index in [1.807, 2.05) is 19.2 Å². The maximum atomic E-state index is 6.29. The highest BCUT2D eigenvalue weighted by atomic mass is 79.9. The average molecular weight is 347 g/mol. The van der Waals surface area contributed by atoms with Gasteiger partial charge in [-0.2, -0.15) is 0 Å². The van der Waals surface area contributed by atoms with Crippen molar-refractivity contribution in [3.8, 4) is 0 Å². The Morgan fingerprint density at radius 2 is 1.84 bits per heavy atom. The molecule has 0 saturated heterocycles. The summed E-state index contributed by atoms with van der Waals surface area (Å²) >= 11 is 9.81. The van der Waals surface area contributed by atoms with Crippen LogP contribution < -0.4 is 5.32 Å². The van der Waals surface area contributed by atoms with Gasteiger partial charge in [0, 0.05) is 15.5 Å². The molecule has 0 aliphatic rings. The summed E-state index contributed by atoms with van der Waals surface area (Å²) in [5.41, 5.74) is 1.20. The SMILES string of the molecule is CCCCCCCCC(NC)c1cc(Br)ccc1Cl. The van der Waals surface area contributed by atoms with Crippen molar-refractivity contribution >= 4 is 27.5 Å². The van der Waals surface area contributed by atoms with E-state index < -0.39 is 0 Å². The number of unbranched alkanes of at least 4 members (excludes halogenated alkanes) is 5. The number of halogens is 2. The molecule has 0 aliphatic carbocycles. The first-order valence-electron chi connectivity index (χ1n) is 7.31. The lowest BCUT2D eigenvalue weighted by Crippen LogP contribution is -2.16. The molecular formula is C16H25BrClN. The standard InChI is InChI=1S/C16H25BrClN/c1-3-4-5-6-7-8-9-16(19-2)14-12-13(17)10-11-15(14)18/h10-12,16,19H,3-9H2,1-2H3. The average Bonchev–Trinajstić information content (AvgIpc) is 2.41. The van der Waals surface area contributed by atoms with Gasteiger partial charge >= 0.3 is 0 Å². The Morgan fingerprint density at radius 1 is 1.16 bits per heavy atom. The number of nitrogens with one attached hydrogen (secondary N) is 1. The lowest BCUT2D eigenvalue weighted by molar-refractivity contribution is 0.498. The second-order valence-electron chi connectivity index (χ2n) is 5.06. The summed E-state index contributed by atoms with van der Waals surface area (Å²) in [5, 5.41) is 4.24. The van der Waals surface area contributed by atoms with Crippen LogP contribution >= 0.6 is 27.5 Å². The van der Waals surface area contributed by atoms with Gasteiger partial charge in [-0.1, -0.05) is 73.0 Å². The monoisotopic (exact) mass is 345 g/mol. The van der Waals surface area contributed by atoms with Crippen LogP contribution in [-0.2, 0) is 0 Å². The van der Waals surface area contributed by atoms with Crippen molar-refractivity contribution in [1.29, 1.82) is 0 Å². The highest BCUT2D eigenvalue weighted by Gasteiger charge is 2.12. The fourth-order valence-corrected chi connectivity index (χ4v) is 2.99. The Balaban J connectivity index is 2.42. The summed E-state index contributed by atoms with van der Waals surface area (Å²) in [6, 6.07) is 6.44. The molecule has 1 unspecified atom stereocenters. The van der Waals surface area contributed by atoms with E-state index in [9.17, 15) is 0 Å². The van der Waals surface area contributed by atoms with Gasteiger partial charge in [0.1, 0.15) is 0 Å². The summed E-state index contributed by atoms with van der Waals surface area (Å²) in [6.45, 7) is 2.26. The highest BCUT2D eigenvalue weighted by molar-refractivity contribution is 9.10. The molecule has 1 aromatic rings. The van der Waals surface area contributed by atoms with E-state index in [1.165, 1.54) is 44.1 Å². The largest absolute Gasteiger partial charge is 0.313 e. The molecule has 0 heterocycles. The minimum atomic E-state index is 0.358. The number of rotatable bonds is 9. The maximum Gasteiger partial charge on any atom is 0.0454 e. The first-order chi connectivity index (χ1) is 9.19. The van der Waals surface area contributed by atoms with E-state index in [2.05, 4.69) is 34.2 Å². The molecule has 19 heavy (non-hydrogen) atoms. The molecule has 0 bridgehead atoms. The van der Waals surface area contributed by atoms with Gasteiger partial charge in [0.15, 0.2) is 0 Å². The molecule has 0 aromatic heterocycles. The van der Waals surface area contributed by atoms with E-state index in [0.29, 0.717) is 6.04 Å². The molecule has 0 saturated carbocycles. The Hall–Kier alpha value is -0.0500.